The molecule has 1 N–H and O–H groups in total. The van der Waals surface area contributed by atoms with Crippen LogP contribution in [0.5, 0.6) is 0 Å². The second-order valence-electron chi connectivity index (χ2n) is 5.88. The van der Waals surface area contributed by atoms with Gasteiger partial charge in [-0.15, -0.1) is 0 Å². The Morgan fingerprint density at radius 1 is 1.08 bits per heavy atom. The van der Waals surface area contributed by atoms with Crippen LogP contribution in [0.25, 0.3) is 0 Å². The molecule has 0 bridgehead atoms. The number of hydrogen-bond acceptors (Lipinski definition) is 3. The van der Waals surface area contributed by atoms with Crippen molar-refractivity contribution in [1.82, 2.24) is 0 Å². The van der Waals surface area contributed by atoms with E-state index < -0.39 is 5.72 Å². The summed E-state index contributed by atoms with van der Waals surface area (Å²) in [7, 11) is 0. The molecule has 2 aliphatic heterocycles. The lowest BCUT2D eigenvalue weighted by molar-refractivity contribution is -0.656. The lowest BCUT2D eigenvalue weighted by Crippen LogP contribution is -3.00. The summed E-state index contributed by atoms with van der Waals surface area (Å²) in [6.07, 6.45) is 1.08. The van der Waals surface area contributed by atoms with Crippen LogP contribution in [0.15, 0.2) is 54.6 Å². The molecular formula is C18H18BrClN2OS. The number of rotatable bonds is 2. The third-order valence-electron chi connectivity index (χ3n) is 4.42. The summed E-state index contributed by atoms with van der Waals surface area (Å²) in [5, 5.41) is 13.3. The van der Waals surface area contributed by atoms with E-state index >= 15 is 0 Å². The van der Waals surface area contributed by atoms with Gasteiger partial charge in [-0.3, -0.25) is 0 Å². The number of nitrogens with zero attached hydrogens (tertiary/aromatic N) is 2. The summed E-state index contributed by atoms with van der Waals surface area (Å²) in [6.45, 7) is 1.39. The van der Waals surface area contributed by atoms with Crippen LogP contribution in [0.2, 0.25) is 5.02 Å². The smallest absolute Gasteiger partial charge is 0.316 e. The molecule has 126 valence electrons. The van der Waals surface area contributed by atoms with Crippen molar-refractivity contribution in [2.45, 2.75) is 12.1 Å². The minimum atomic E-state index is -1.01. The molecule has 0 fully saturated rings. The summed E-state index contributed by atoms with van der Waals surface area (Å²) < 4.78 is 2.14. The summed E-state index contributed by atoms with van der Waals surface area (Å²) in [4.78, 5) is 2.22. The summed E-state index contributed by atoms with van der Waals surface area (Å²) >= 11 is 7.83. The van der Waals surface area contributed by atoms with Crippen LogP contribution in [-0.2, 0) is 5.72 Å². The first kappa shape index (κ1) is 17.8. The van der Waals surface area contributed by atoms with Gasteiger partial charge in [0.2, 0.25) is 0 Å². The monoisotopic (exact) mass is 424 g/mol. The van der Waals surface area contributed by atoms with E-state index in [9.17, 15) is 5.11 Å². The van der Waals surface area contributed by atoms with Crippen molar-refractivity contribution in [1.29, 1.82) is 0 Å². The number of halogens is 2. The maximum atomic E-state index is 11.5. The van der Waals surface area contributed by atoms with E-state index in [1.54, 1.807) is 0 Å². The molecule has 4 rings (SSSR count). The van der Waals surface area contributed by atoms with Crippen LogP contribution in [0.1, 0.15) is 12.0 Å². The molecule has 1 unspecified atom stereocenters. The van der Waals surface area contributed by atoms with Gasteiger partial charge in [0, 0.05) is 16.3 Å². The molecule has 24 heavy (non-hydrogen) atoms. The Hall–Kier alpha value is -1.01. The predicted molar refractivity (Wildman–Crippen MR) is 96.3 cm³/mol. The van der Waals surface area contributed by atoms with Crippen molar-refractivity contribution in [3.8, 4) is 0 Å². The molecule has 2 aromatic rings. The highest BCUT2D eigenvalue weighted by Gasteiger charge is 2.53. The van der Waals surface area contributed by atoms with E-state index in [0.29, 0.717) is 11.6 Å². The Kier molecular flexibility index (Phi) is 5.25. The molecule has 1 atom stereocenters. The first-order valence-corrected chi connectivity index (χ1v) is 9.13. The van der Waals surface area contributed by atoms with Gasteiger partial charge in [0.05, 0.1) is 6.54 Å². The highest BCUT2D eigenvalue weighted by atomic mass is 79.9. The van der Waals surface area contributed by atoms with Gasteiger partial charge in [-0.1, -0.05) is 41.9 Å². The maximum absolute atomic E-state index is 11.5. The molecule has 0 amide bonds. The quantitative estimate of drug-likeness (QED) is 0.711. The van der Waals surface area contributed by atoms with Gasteiger partial charge in [0.25, 0.3) is 5.72 Å². The lowest BCUT2D eigenvalue weighted by Gasteiger charge is -2.24. The molecule has 2 aromatic carbocycles. The van der Waals surface area contributed by atoms with Crippen molar-refractivity contribution in [3.63, 3.8) is 0 Å². The molecule has 6 heteroatoms. The zero-order valence-electron chi connectivity index (χ0n) is 13.0. The van der Waals surface area contributed by atoms with Gasteiger partial charge < -0.3 is 22.1 Å². The Morgan fingerprint density at radius 3 is 2.50 bits per heavy atom. The number of para-hydroxylation sites is 1. The number of hydrogen-bond donors (Lipinski definition) is 1. The van der Waals surface area contributed by atoms with Crippen LogP contribution in [0.3, 0.4) is 0 Å². The maximum Gasteiger partial charge on any atom is 0.316 e. The van der Waals surface area contributed by atoms with E-state index in [4.69, 9.17) is 11.6 Å². The third-order valence-corrected chi connectivity index (χ3v) is 5.86. The van der Waals surface area contributed by atoms with Crippen molar-refractivity contribution < 1.29 is 26.7 Å². The van der Waals surface area contributed by atoms with Crippen molar-refractivity contribution >= 4 is 34.2 Å². The standard InChI is InChI=1S/C18H18ClN2OS.BrH/c19-15-9-7-14(8-10-15)18(22)13-20(16-5-2-1-3-6-16)17-21(18)11-4-12-23-17;/h1-3,5-10,22H,4,11-13H2;1H/q+1;/p-1. The highest BCUT2D eigenvalue weighted by molar-refractivity contribution is 8.13. The lowest BCUT2D eigenvalue weighted by atomic mass is 10.0. The molecule has 2 heterocycles. The van der Waals surface area contributed by atoms with Gasteiger partial charge in [-0.25, -0.2) is 9.48 Å². The van der Waals surface area contributed by atoms with Crippen LogP contribution in [-0.4, -0.2) is 33.7 Å². The van der Waals surface area contributed by atoms with E-state index in [0.717, 1.165) is 35.1 Å². The minimum Gasteiger partial charge on any atom is -1.00 e. The Morgan fingerprint density at radius 2 is 1.79 bits per heavy atom. The molecule has 0 aromatic heterocycles. The molecule has 0 saturated heterocycles. The van der Waals surface area contributed by atoms with E-state index in [1.165, 1.54) is 0 Å². The molecule has 0 radical (unpaired) electrons. The normalized spacial score (nSPS) is 23.0. The Labute approximate surface area is 161 Å². The molecule has 0 spiro atoms. The van der Waals surface area contributed by atoms with Gasteiger partial charge in [-0.2, -0.15) is 0 Å². The predicted octanol–water partition coefficient (Wildman–Crippen LogP) is 0.515. The fourth-order valence-corrected chi connectivity index (χ4v) is 4.58. The molecule has 0 aliphatic carbocycles. The number of amidine groups is 1. The fourth-order valence-electron chi connectivity index (χ4n) is 3.27. The fraction of sp³-hybridized carbons (Fsp3) is 0.278. The first-order chi connectivity index (χ1) is 11.2. The van der Waals surface area contributed by atoms with E-state index in [1.807, 2.05) is 54.2 Å². The summed E-state index contributed by atoms with van der Waals surface area (Å²) in [5.74, 6) is 1.09. The van der Waals surface area contributed by atoms with Gasteiger partial charge in [0.15, 0.2) is 6.54 Å². The summed E-state index contributed by atoms with van der Waals surface area (Å²) in [5.41, 5.74) is 0.996. The second kappa shape index (κ2) is 7.08. The third kappa shape index (κ3) is 2.99. The molecule has 0 saturated carbocycles. The van der Waals surface area contributed by atoms with Crippen molar-refractivity contribution in [3.05, 3.63) is 65.2 Å². The second-order valence-corrected chi connectivity index (χ2v) is 7.38. The van der Waals surface area contributed by atoms with E-state index in [-0.39, 0.29) is 17.0 Å². The summed E-state index contributed by atoms with van der Waals surface area (Å²) in [6, 6.07) is 17.8. The largest absolute Gasteiger partial charge is 1.00 e. The number of thioether (sulfide) groups is 1. The highest BCUT2D eigenvalue weighted by Crippen LogP contribution is 2.37. The van der Waals surface area contributed by atoms with Crippen molar-refractivity contribution in [2.75, 3.05) is 23.7 Å². The number of benzene rings is 2. The number of β-amino-alcohol motifs (C(OH)–C–C–N with tert-alkyl or cyclic N) is 1. The van der Waals surface area contributed by atoms with Crippen LogP contribution < -0.4 is 21.9 Å². The molecule has 3 nitrogen and oxygen atoms in total. The zero-order valence-corrected chi connectivity index (χ0v) is 16.2. The van der Waals surface area contributed by atoms with Gasteiger partial charge in [-0.05, 0) is 42.4 Å². The van der Waals surface area contributed by atoms with Crippen LogP contribution in [0.4, 0.5) is 5.69 Å². The van der Waals surface area contributed by atoms with E-state index in [2.05, 4.69) is 21.6 Å². The SMILES string of the molecule is OC1(c2ccc(Cl)cc2)CN(c2ccccc2)C2=[N+]1CCCS2.[Br-]. The van der Waals surface area contributed by atoms with Crippen molar-refractivity contribution in [2.24, 2.45) is 0 Å². The average molecular weight is 426 g/mol. The van der Waals surface area contributed by atoms with Gasteiger partial charge >= 0.3 is 5.17 Å². The number of aliphatic hydroxyl groups is 1. The molecular weight excluding hydrogens is 408 g/mol. The zero-order chi connectivity index (χ0) is 15.9. The van der Waals surface area contributed by atoms with Crippen LogP contribution >= 0.6 is 23.4 Å². The minimum absolute atomic E-state index is 0. The van der Waals surface area contributed by atoms with Crippen LogP contribution in [0, 0.1) is 0 Å². The Bertz CT molecular complexity index is 753. The van der Waals surface area contributed by atoms with Gasteiger partial charge in [0.1, 0.15) is 5.69 Å². The Balaban J connectivity index is 0.00000169. The average Bonchev–Trinajstić information content (AvgIpc) is 2.91. The first-order valence-electron chi connectivity index (χ1n) is 7.77. The molecule has 2 aliphatic rings. The number of anilines is 1. The topological polar surface area (TPSA) is 26.5 Å².